The van der Waals surface area contributed by atoms with Crippen LogP contribution >= 0.6 is 0 Å². The summed E-state index contributed by atoms with van der Waals surface area (Å²) >= 11 is 0. The minimum absolute atomic E-state index is 0.0536. The molecule has 0 saturated carbocycles. The lowest BCUT2D eigenvalue weighted by molar-refractivity contribution is -0.757. The number of nitrogens with zero attached hydrogens (tertiary/aromatic N) is 1. The number of phenols is 2. The van der Waals surface area contributed by atoms with E-state index in [1.165, 1.54) is 25.3 Å². The molecule has 0 aromatic heterocycles. The first-order valence-corrected chi connectivity index (χ1v) is 15.0. The third kappa shape index (κ3) is 6.29. The summed E-state index contributed by atoms with van der Waals surface area (Å²) < 4.78 is 22.1. The zero-order valence-electron chi connectivity index (χ0n) is 25.9. The van der Waals surface area contributed by atoms with Gasteiger partial charge in [0, 0.05) is 48.4 Å². The number of ether oxygens (including phenoxy) is 4. The molecule has 6 N–H and O–H groups in total. The summed E-state index contributed by atoms with van der Waals surface area (Å²) in [6, 6.07) is 3.47. The number of hydrogen-bond donors (Lipinski definition) is 5. The van der Waals surface area contributed by atoms with Gasteiger partial charge in [0.15, 0.2) is 18.7 Å². The molecule has 0 amide bonds. The van der Waals surface area contributed by atoms with E-state index in [4.69, 9.17) is 24.7 Å². The Morgan fingerprint density at radius 3 is 2.52 bits per heavy atom. The van der Waals surface area contributed by atoms with Gasteiger partial charge in [-0.3, -0.25) is 19.2 Å². The van der Waals surface area contributed by atoms with Gasteiger partial charge < -0.3 is 49.9 Å². The van der Waals surface area contributed by atoms with Crippen LogP contribution in [0.3, 0.4) is 0 Å². The Kier molecular flexibility index (Phi) is 9.70. The summed E-state index contributed by atoms with van der Waals surface area (Å²) in [5, 5.41) is 54.4. The van der Waals surface area contributed by atoms with Crippen LogP contribution in [-0.4, -0.2) is 99.3 Å². The number of Topliss-reactive ketones (excluding diaryl/α,β-unsaturated/α-hetero) is 1. The Morgan fingerprint density at radius 2 is 1.85 bits per heavy atom. The molecule has 2 aromatic carbocycles. The quantitative estimate of drug-likeness (QED) is 0.0611. The Hall–Kier alpha value is -4.68. The summed E-state index contributed by atoms with van der Waals surface area (Å²) in [6.07, 6.45) is -6.20. The van der Waals surface area contributed by atoms with Crippen LogP contribution in [0.2, 0.25) is 0 Å². The fourth-order valence-corrected chi connectivity index (χ4v) is 6.31. The van der Waals surface area contributed by atoms with Crippen molar-refractivity contribution >= 4 is 23.3 Å². The van der Waals surface area contributed by atoms with Gasteiger partial charge in [0.05, 0.1) is 48.7 Å². The Labute approximate surface area is 272 Å². The lowest BCUT2D eigenvalue weighted by Gasteiger charge is -2.42. The van der Waals surface area contributed by atoms with Gasteiger partial charge >= 0.3 is 5.97 Å². The first-order valence-electron chi connectivity index (χ1n) is 15.0. The van der Waals surface area contributed by atoms with Gasteiger partial charge in [0.25, 0.3) is 5.09 Å². The van der Waals surface area contributed by atoms with Gasteiger partial charge in [-0.15, -0.1) is 10.1 Å². The highest BCUT2D eigenvalue weighted by Gasteiger charge is 2.50. The molecule has 2 aliphatic carbocycles. The van der Waals surface area contributed by atoms with Crippen molar-refractivity contribution in [2.24, 2.45) is 5.73 Å². The van der Waals surface area contributed by atoms with E-state index in [0.29, 0.717) is 0 Å². The monoisotopic (exact) mass is 674 g/mol. The number of carbonyl (C=O) groups is 4. The zero-order valence-corrected chi connectivity index (χ0v) is 25.9. The van der Waals surface area contributed by atoms with Crippen molar-refractivity contribution < 1.29 is 68.5 Å². The molecule has 1 aliphatic heterocycles. The molecular weight excluding hydrogens is 640 g/mol. The number of rotatable bonds is 11. The molecule has 1 heterocycles. The number of aliphatic hydroxyl groups excluding tert-OH is 1. The van der Waals surface area contributed by atoms with Crippen molar-refractivity contribution in [3.05, 3.63) is 61.7 Å². The molecule has 3 aliphatic rings. The second kappa shape index (κ2) is 13.4. The molecule has 5 rings (SSSR count). The van der Waals surface area contributed by atoms with Gasteiger partial charge in [0.1, 0.15) is 22.8 Å². The van der Waals surface area contributed by atoms with E-state index in [1.807, 2.05) is 0 Å². The van der Waals surface area contributed by atoms with Gasteiger partial charge in [-0.1, -0.05) is 12.1 Å². The highest BCUT2D eigenvalue weighted by molar-refractivity contribution is 6.31. The van der Waals surface area contributed by atoms with E-state index in [0.717, 1.165) is 0 Å². The predicted octanol–water partition coefficient (Wildman–Crippen LogP) is 0.541. The van der Waals surface area contributed by atoms with Crippen molar-refractivity contribution in [3.63, 3.8) is 0 Å². The van der Waals surface area contributed by atoms with E-state index in [1.54, 1.807) is 6.92 Å². The number of aromatic hydroxyl groups is 2. The number of phenolic OH excluding ortho intramolecular Hbond substituents is 2. The Morgan fingerprint density at radius 1 is 1.15 bits per heavy atom. The summed E-state index contributed by atoms with van der Waals surface area (Å²) in [5.74, 6) is -5.06. The van der Waals surface area contributed by atoms with Crippen LogP contribution in [0.1, 0.15) is 81.7 Å². The molecule has 2 aromatic rings. The number of fused-ring (bicyclic) bond motifs is 3. The highest BCUT2D eigenvalue weighted by Crippen LogP contribution is 2.52. The number of nitrogens with two attached hydrogens (primary N) is 1. The molecule has 1 saturated heterocycles. The van der Waals surface area contributed by atoms with Crippen LogP contribution in [0.4, 0.5) is 0 Å². The molecular formula is C31H34N2O15. The topological polar surface area (TPSA) is 265 Å². The van der Waals surface area contributed by atoms with Crippen molar-refractivity contribution in [2.45, 2.75) is 75.3 Å². The average molecular weight is 675 g/mol. The van der Waals surface area contributed by atoms with Gasteiger partial charge in [-0.05, 0) is 19.4 Å². The van der Waals surface area contributed by atoms with Crippen molar-refractivity contribution in [3.8, 4) is 17.2 Å². The normalized spacial score (nSPS) is 26.1. The second-order valence-corrected chi connectivity index (χ2v) is 11.8. The molecule has 0 bridgehead atoms. The molecule has 6 atom stereocenters. The molecule has 1 unspecified atom stereocenters. The summed E-state index contributed by atoms with van der Waals surface area (Å²) in [7, 11) is 1.30. The van der Waals surface area contributed by atoms with Gasteiger partial charge in [0.2, 0.25) is 11.6 Å². The van der Waals surface area contributed by atoms with Gasteiger partial charge in [-0.2, -0.15) is 0 Å². The molecule has 1 fully saturated rings. The summed E-state index contributed by atoms with van der Waals surface area (Å²) in [5.41, 5.74) is 1.85. The van der Waals surface area contributed by atoms with E-state index in [9.17, 15) is 49.7 Å². The van der Waals surface area contributed by atoms with Crippen LogP contribution in [-0.2, 0) is 35.1 Å². The molecule has 0 spiro atoms. The minimum Gasteiger partial charge on any atom is -0.507 e. The average Bonchev–Trinajstić information content (AvgIpc) is 3.04. The standard InChI is InChI=1S/C31H34N2O15/c1-13-26(36)16(32)9-21(47-13)48-18-11-31(41,19(34)12-45-20(35)7-4-8-46-33(42)43)10-15-23(18)30(40)25-24(28(15)38)27(37)14-5-3-6-17(44-2)22(14)29(25)39/h3,5-6,13,16,18,21,26,36,38,40-41H,4,7-12,32H2,1-2H3/t13-,16-,18-,21?,26+,31-/m0/s1. The van der Waals surface area contributed by atoms with Crippen LogP contribution in [0.25, 0.3) is 0 Å². The lowest BCUT2D eigenvalue weighted by atomic mass is 9.72. The third-order valence-electron chi connectivity index (χ3n) is 8.75. The van der Waals surface area contributed by atoms with E-state index in [2.05, 4.69) is 4.84 Å². The highest BCUT2D eigenvalue weighted by atomic mass is 16.9. The molecule has 258 valence electrons. The first kappa shape index (κ1) is 34.6. The smallest absolute Gasteiger partial charge is 0.306 e. The fraction of sp³-hybridized carbons (Fsp3) is 0.484. The maximum Gasteiger partial charge on any atom is 0.306 e. The molecule has 48 heavy (non-hydrogen) atoms. The number of ketones is 3. The maximum atomic E-state index is 13.8. The third-order valence-corrected chi connectivity index (χ3v) is 8.75. The zero-order chi connectivity index (χ0) is 35.1. The maximum absolute atomic E-state index is 13.8. The Bertz CT molecular complexity index is 1660. The van der Waals surface area contributed by atoms with E-state index >= 15 is 0 Å². The number of esters is 1. The number of carbonyl (C=O) groups excluding carboxylic acids is 4. The van der Waals surface area contributed by atoms with E-state index < -0.39 is 107 Å². The minimum atomic E-state index is -2.41. The fourth-order valence-electron chi connectivity index (χ4n) is 6.31. The number of hydrogen-bond acceptors (Lipinski definition) is 16. The first-order chi connectivity index (χ1) is 22.7. The van der Waals surface area contributed by atoms with Crippen LogP contribution in [0, 0.1) is 10.1 Å². The SMILES string of the molecule is COc1cccc2c1C(=O)c1c(O)c3c(c(O)c1C2=O)C[C@@](O)(C(=O)COC(=O)CCCO[N+](=O)[O-])C[C@@H]3OC1C[C@H](N)[C@H](O)[C@H](C)O1. The van der Waals surface area contributed by atoms with Crippen LogP contribution in [0.15, 0.2) is 18.2 Å². The summed E-state index contributed by atoms with van der Waals surface area (Å²) in [6.45, 7) is 0.217. The molecule has 0 radical (unpaired) electrons. The van der Waals surface area contributed by atoms with E-state index in [-0.39, 0.29) is 53.9 Å². The summed E-state index contributed by atoms with van der Waals surface area (Å²) in [4.78, 5) is 67.5. The largest absolute Gasteiger partial charge is 0.507 e. The molecule has 17 nitrogen and oxygen atoms in total. The lowest BCUT2D eigenvalue weighted by Crippen LogP contribution is -2.53. The number of methoxy groups -OCH3 is 1. The van der Waals surface area contributed by atoms with Crippen molar-refractivity contribution in [1.29, 1.82) is 0 Å². The number of aliphatic hydroxyl groups is 2. The van der Waals surface area contributed by atoms with Crippen molar-refractivity contribution in [1.82, 2.24) is 0 Å². The van der Waals surface area contributed by atoms with Crippen LogP contribution in [0.5, 0.6) is 17.2 Å². The van der Waals surface area contributed by atoms with Gasteiger partial charge in [-0.25, -0.2) is 0 Å². The number of benzene rings is 2. The predicted molar refractivity (Wildman–Crippen MR) is 158 cm³/mol. The second-order valence-electron chi connectivity index (χ2n) is 11.8. The Balaban J connectivity index is 1.52. The van der Waals surface area contributed by atoms with Crippen molar-refractivity contribution in [2.75, 3.05) is 20.3 Å². The van der Waals surface area contributed by atoms with Crippen LogP contribution < -0.4 is 10.5 Å². The molecule has 17 heteroatoms.